The molecule has 0 atom stereocenters. The molecule has 1 aliphatic rings. The summed E-state index contributed by atoms with van der Waals surface area (Å²) in [5.41, 5.74) is 1.08. The molecule has 108 valence electrons. The van der Waals surface area contributed by atoms with Crippen LogP contribution in [-0.2, 0) is 4.74 Å². The molecule has 0 unspecified atom stereocenters. The van der Waals surface area contributed by atoms with Crippen LogP contribution in [0.5, 0.6) is 0 Å². The maximum atomic E-state index is 5.81. The number of benzene rings is 2. The first-order chi connectivity index (χ1) is 10.1. The van der Waals surface area contributed by atoms with Crippen LogP contribution >= 0.6 is 0 Å². The van der Waals surface area contributed by atoms with Gasteiger partial charge in [0.2, 0.25) is 0 Å². The second-order valence-electron chi connectivity index (χ2n) is 5.49. The Bertz CT molecular complexity index is 653. The van der Waals surface area contributed by atoms with E-state index in [1.165, 1.54) is 14.5 Å². The molecule has 0 aromatic heterocycles. The van der Waals surface area contributed by atoms with E-state index in [1.807, 2.05) is 0 Å². The van der Waals surface area contributed by atoms with Gasteiger partial charge in [-0.25, -0.2) is 0 Å². The number of rotatable bonds is 4. The predicted octanol–water partition coefficient (Wildman–Crippen LogP) is 1.52. The summed E-state index contributed by atoms with van der Waals surface area (Å²) in [6, 6.07) is 19.3. The summed E-state index contributed by atoms with van der Waals surface area (Å²) in [6.45, 7) is 4.90. The SMILES string of the molecule is CC1(C)COC(c2ccccc2[Se][Se]c2ccccc2)=N1. The molecule has 21 heavy (non-hydrogen) atoms. The van der Waals surface area contributed by atoms with Gasteiger partial charge in [-0.05, 0) is 0 Å². The van der Waals surface area contributed by atoms with E-state index in [1.54, 1.807) is 0 Å². The zero-order valence-electron chi connectivity index (χ0n) is 12.1. The Morgan fingerprint density at radius 2 is 1.67 bits per heavy atom. The molecule has 0 radical (unpaired) electrons. The van der Waals surface area contributed by atoms with Gasteiger partial charge in [-0.2, -0.15) is 0 Å². The first-order valence-corrected chi connectivity index (χ1v) is 12.9. The first-order valence-electron chi connectivity index (χ1n) is 6.86. The van der Waals surface area contributed by atoms with Crippen molar-refractivity contribution in [3.05, 3.63) is 60.2 Å². The van der Waals surface area contributed by atoms with Gasteiger partial charge in [0.05, 0.1) is 0 Å². The van der Waals surface area contributed by atoms with Gasteiger partial charge in [0, 0.05) is 0 Å². The molecule has 2 aromatic carbocycles. The van der Waals surface area contributed by atoms with E-state index in [0.29, 0.717) is 32.9 Å². The summed E-state index contributed by atoms with van der Waals surface area (Å²) in [7, 11) is 0. The van der Waals surface area contributed by atoms with Crippen LogP contribution in [0.15, 0.2) is 59.6 Å². The summed E-state index contributed by atoms with van der Waals surface area (Å²) in [4.78, 5) is 4.72. The van der Waals surface area contributed by atoms with Crippen molar-refractivity contribution in [1.82, 2.24) is 0 Å². The standard InChI is InChI=1S/C17H17NOSe2/c1-17(2)12-19-16(18-17)14-10-6-7-11-15(14)21-20-13-8-4-3-5-9-13/h3-11H,12H2,1-2H3. The molecular formula is C17H17NOSe2. The molecule has 2 aromatic rings. The molecule has 0 spiro atoms. The van der Waals surface area contributed by atoms with Crippen molar-refractivity contribution in [1.29, 1.82) is 0 Å². The Morgan fingerprint density at radius 3 is 2.38 bits per heavy atom. The zero-order chi connectivity index (χ0) is 14.7. The zero-order valence-corrected chi connectivity index (χ0v) is 15.5. The van der Waals surface area contributed by atoms with Crippen molar-refractivity contribution in [3.8, 4) is 0 Å². The maximum absolute atomic E-state index is 5.81. The average Bonchev–Trinajstić information content (AvgIpc) is 2.86. The van der Waals surface area contributed by atoms with E-state index in [4.69, 9.17) is 9.73 Å². The molecule has 3 rings (SSSR count). The van der Waals surface area contributed by atoms with E-state index in [0.717, 1.165) is 5.90 Å². The van der Waals surface area contributed by atoms with Gasteiger partial charge in [0.15, 0.2) is 0 Å². The van der Waals surface area contributed by atoms with Crippen LogP contribution in [0.4, 0.5) is 0 Å². The fraction of sp³-hybridized carbons (Fsp3) is 0.235. The number of ether oxygens (including phenoxy) is 1. The van der Waals surface area contributed by atoms with Gasteiger partial charge < -0.3 is 0 Å². The number of hydrogen-bond donors (Lipinski definition) is 0. The molecular weight excluding hydrogens is 392 g/mol. The molecule has 0 N–H and O–H groups in total. The Morgan fingerprint density at radius 1 is 0.952 bits per heavy atom. The van der Waals surface area contributed by atoms with Crippen molar-refractivity contribution < 1.29 is 4.74 Å². The summed E-state index contributed by atoms with van der Waals surface area (Å²) >= 11 is 0.947. The Hall–Kier alpha value is -1.05. The molecule has 0 saturated heterocycles. The summed E-state index contributed by atoms with van der Waals surface area (Å²) in [5, 5.41) is 0. The molecule has 0 amide bonds. The van der Waals surface area contributed by atoms with Crippen LogP contribution < -0.4 is 8.92 Å². The average molecular weight is 409 g/mol. The summed E-state index contributed by atoms with van der Waals surface area (Å²) in [6.07, 6.45) is 0. The van der Waals surface area contributed by atoms with E-state index in [2.05, 4.69) is 68.4 Å². The molecule has 0 fully saturated rings. The fourth-order valence-corrected chi connectivity index (χ4v) is 8.58. The summed E-state index contributed by atoms with van der Waals surface area (Å²) in [5.74, 6) is 0.821. The van der Waals surface area contributed by atoms with Crippen LogP contribution in [-0.4, -0.2) is 44.3 Å². The van der Waals surface area contributed by atoms with Crippen LogP contribution in [0.1, 0.15) is 19.4 Å². The topological polar surface area (TPSA) is 21.6 Å². The first kappa shape index (κ1) is 14.9. The van der Waals surface area contributed by atoms with Crippen molar-refractivity contribution in [2.45, 2.75) is 19.4 Å². The Labute approximate surface area is 136 Å². The summed E-state index contributed by atoms with van der Waals surface area (Å²) < 4.78 is 8.66. The molecule has 0 saturated carbocycles. The number of hydrogen-bond acceptors (Lipinski definition) is 2. The number of aliphatic imine (C=N–C) groups is 1. The van der Waals surface area contributed by atoms with E-state index >= 15 is 0 Å². The minimum atomic E-state index is -0.0972. The predicted molar refractivity (Wildman–Crippen MR) is 90.2 cm³/mol. The molecule has 0 bridgehead atoms. The third-order valence-electron chi connectivity index (χ3n) is 3.05. The van der Waals surface area contributed by atoms with Crippen molar-refractivity contribution >= 4 is 41.1 Å². The van der Waals surface area contributed by atoms with Crippen molar-refractivity contribution in [2.75, 3.05) is 6.61 Å². The van der Waals surface area contributed by atoms with E-state index in [-0.39, 0.29) is 5.54 Å². The van der Waals surface area contributed by atoms with Crippen molar-refractivity contribution in [2.24, 2.45) is 4.99 Å². The van der Waals surface area contributed by atoms with Crippen LogP contribution in [0.3, 0.4) is 0 Å². The molecule has 2 nitrogen and oxygen atoms in total. The Kier molecular flexibility index (Phi) is 4.51. The van der Waals surface area contributed by atoms with Gasteiger partial charge in [0.1, 0.15) is 0 Å². The van der Waals surface area contributed by atoms with Gasteiger partial charge >= 0.3 is 137 Å². The van der Waals surface area contributed by atoms with Crippen LogP contribution in [0.2, 0.25) is 0 Å². The second-order valence-corrected chi connectivity index (χ2v) is 11.7. The van der Waals surface area contributed by atoms with Gasteiger partial charge in [-0.1, -0.05) is 0 Å². The van der Waals surface area contributed by atoms with Gasteiger partial charge in [0.25, 0.3) is 0 Å². The van der Waals surface area contributed by atoms with E-state index in [9.17, 15) is 0 Å². The molecule has 1 aliphatic heterocycles. The fourth-order valence-electron chi connectivity index (χ4n) is 2.01. The van der Waals surface area contributed by atoms with Crippen molar-refractivity contribution in [3.63, 3.8) is 0 Å². The quantitative estimate of drug-likeness (QED) is 0.702. The molecule has 0 aliphatic carbocycles. The normalized spacial score (nSPS) is 16.4. The second kappa shape index (κ2) is 6.37. The van der Waals surface area contributed by atoms with Gasteiger partial charge in [-0.15, -0.1) is 0 Å². The van der Waals surface area contributed by atoms with Crippen LogP contribution in [0.25, 0.3) is 0 Å². The number of nitrogens with zero attached hydrogens (tertiary/aromatic N) is 1. The molecule has 1 heterocycles. The molecule has 4 heteroatoms. The van der Waals surface area contributed by atoms with E-state index < -0.39 is 0 Å². The third-order valence-corrected chi connectivity index (χ3v) is 10.3. The van der Waals surface area contributed by atoms with Gasteiger partial charge in [-0.3, -0.25) is 0 Å². The minimum absolute atomic E-state index is 0.0972. The monoisotopic (exact) mass is 411 g/mol. The van der Waals surface area contributed by atoms with Crippen LogP contribution in [0, 0.1) is 0 Å². The third kappa shape index (κ3) is 3.78. The Balaban J connectivity index is 1.81.